The number of hydrogen-bond acceptors (Lipinski definition) is 2. The molecule has 32 heavy (non-hydrogen) atoms. The number of methoxy groups -OCH3 is 1. The summed E-state index contributed by atoms with van der Waals surface area (Å²) in [6.45, 7) is 3.04. The van der Waals surface area contributed by atoms with E-state index >= 15 is 0 Å². The van der Waals surface area contributed by atoms with Gasteiger partial charge in [-0.1, -0.05) is 60.7 Å². The topological polar surface area (TPSA) is 70.7 Å². The maximum Gasteiger partial charge on any atom is 0.275 e. The number of hydrogen-bond donors (Lipinski definition) is 3. The number of aromatic nitrogens is 1. The Morgan fingerprint density at radius 1 is 0.969 bits per heavy atom. The van der Waals surface area contributed by atoms with E-state index in [1.165, 1.54) is 16.5 Å². The number of rotatable bonds is 9. The second-order valence-electron chi connectivity index (χ2n) is 8.06. The van der Waals surface area contributed by atoms with Crippen molar-refractivity contribution in [3.05, 3.63) is 102 Å². The van der Waals surface area contributed by atoms with E-state index in [0.717, 1.165) is 16.8 Å². The monoisotopic (exact) mass is 428 g/mol. The Hall–Kier alpha value is -3.57. The quantitative estimate of drug-likeness (QED) is 0.380. The fourth-order valence-electron chi connectivity index (χ4n) is 4.09. The molecule has 4 N–H and O–H groups in total. The molecule has 4 rings (SSSR count). The summed E-state index contributed by atoms with van der Waals surface area (Å²) in [5, 5.41) is 6.40. The summed E-state index contributed by atoms with van der Waals surface area (Å²) < 4.78 is 5.32. The van der Waals surface area contributed by atoms with Crippen molar-refractivity contribution in [2.75, 3.05) is 20.2 Å². The third kappa shape index (κ3) is 5.01. The first-order valence-corrected chi connectivity index (χ1v) is 11.0. The van der Waals surface area contributed by atoms with Gasteiger partial charge in [0.25, 0.3) is 5.91 Å². The molecule has 1 heterocycles. The molecule has 3 aromatic carbocycles. The van der Waals surface area contributed by atoms with Crippen LogP contribution in [0.15, 0.2) is 85.1 Å². The van der Waals surface area contributed by atoms with Crippen molar-refractivity contribution in [2.45, 2.75) is 18.9 Å². The van der Waals surface area contributed by atoms with Gasteiger partial charge in [-0.25, -0.2) is 0 Å². The molecule has 5 nitrogen and oxygen atoms in total. The minimum atomic E-state index is 0.0335. The van der Waals surface area contributed by atoms with E-state index in [0.29, 0.717) is 13.1 Å². The average molecular weight is 429 g/mol. The molecule has 0 saturated heterocycles. The minimum absolute atomic E-state index is 0.0335. The van der Waals surface area contributed by atoms with Crippen LogP contribution in [-0.4, -0.2) is 31.1 Å². The number of para-hydroxylation sites is 1. The van der Waals surface area contributed by atoms with Gasteiger partial charge in [-0.05, 0) is 36.2 Å². The second-order valence-corrected chi connectivity index (χ2v) is 8.06. The van der Waals surface area contributed by atoms with E-state index in [4.69, 9.17) is 4.74 Å². The maximum atomic E-state index is 12.7. The number of carbonyl (C=O) groups excluding carboxylic acids is 1. The molecule has 0 aliphatic carbocycles. The SMILES string of the molecule is COc1ccc([C@@H](CNC(=O)C[NH2+][C@@H](C)c2ccccc2)c2c[nH]c3ccccc23)cc1. The number of aromatic amines is 1. The van der Waals surface area contributed by atoms with Gasteiger partial charge < -0.3 is 20.4 Å². The van der Waals surface area contributed by atoms with Gasteiger partial charge in [0.2, 0.25) is 0 Å². The van der Waals surface area contributed by atoms with E-state index in [2.05, 4.69) is 65.1 Å². The van der Waals surface area contributed by atoms with Gasteiger partial charge in [0.05, 0.1) is 7.11 Å². The van der Waals surface area contributed by atoms with Crippen LogP contribution < -0.4 is 15.4 Å². The first-order chi connectivity index (χ1) is 15.7. The Morgan fingerprint density at radius 3 is 2.44 bits per heavy atom. The van der Waals surface area contributed by atoms with Crippen LogP contribution in [0.5, 0.6) is 5.75 Å². The Balaban J connectivity index is 1.47. The third-order valence-electron chi connectivity index (χ3n) is 6.00. The van der Waals surface area contributed by atoms with Crippen LogP contribution in [0.4, 0.5) is 0 Å². The zero-order chi connectivity index (χ0) is 22.3. The Bertz CT molecular complexity index is 1150. The second kappa shape index (κ2) is 10.2. The molecule has 0 radical (unpaired) electrons. The number of nitrogens with two attached hydrogens (primary N) is 1. The molecule has 0 unspecified atom stereocenters. The Kier molecular flexibility index (Phi) is 6.87. The summed E-state index contributed by atoms with van der Waals surface area (Å²) in [4.78, 5) is 16.0. The van der Waals surface area contributed by atoms with Crippen molar-refractivity contribution in [2.24, 2.45) is 0 Å². The summed E-state index contributed by atoms with van der Waals surface area (Å²) in [5.41, 5.74) is 4.62. The van der Waals surface area contributed by atoms with Crippen LogP contribution in [-0.2, 0) is 4.79 Å². The van der Waals surface area contributed by atoms with Crippen LogP contribution in [0, 0.1) is 0 Å². The molecule has 0 saturated carbocycles. The lowest BCUT2D eigenvalue weighted by Gasteiger charge is -2.19. The largest absolute Gasteiger partial charge is 0.497 e. The van der Waals surface area contributed by atoms with Crippen molar-refractivity contribution in [3.63, 3.8) is 0 Å². The van der Waals surface area contributed by atoms with Gasteiger partial charge in [0.1, 0.15) is 11.8 Å². The van der Waals surface area contributed by atoms with E-state index in [9.17, 15) is 4.79 Å². The summed E-state index contributed by atoms with van der Waals surface area (Å²) in [5.74, 6) is 0.888. The molecule has 1 aromatic heterocycles. The summed E-state index contributed by atoms with van der Waals surface area (Å²) in [6.07, 6.45) is 2.05. The van der Waals surface area contributed by atoms with Gasteiger partial charge in [-0.15, -0.1) is 0 Å². The molecule has 0 aliphatic rings. The summed E-state index contributed by atoms with van der Waals surface area (Å²) in [7, 11) is 1.67. The van der Waals surface area contributed by atoms with Crippen LogP contribution in [0.1, 0.15) is 35.6 Å². The Morgan fingerprint density at radius 2 is 1.69 bits per heavy atom. The molecule has 0 spiro atoms. The number of H-pyrrole nitrogens is 1. The van der Waals surface area contributed by atoms with E-state index < -0.39 is 0 Å². The van der Waals surface area contributed by atoms with Gasteiger partial charge >= 0.3 is 0 Å². The number of benzene rings is 3. The van der Waals surface area contributed by atoms with E-state index in [1.807, 2.05) is 42.5 Å². The van der Waals surface area contributed by atoms with E-state index in [1.54, 1.807) is 7.11 Å². The highest BCUT2D eigenvalue weighted by Gasteiger charge is 2.20. The molecule has 4 aromatic rings. The van der Waals surface area contributed by atoms with Crippen molar-refractivity contribution >= 4 is 16.8 Å². The van der Waals surface area contributed by atoms with Crippen molar-refractivity contribution in [1.29, 1.82) is 0 Å². The first-order valence-electron chi connectivity index (χ1n) is 11.0. The minimum Gasteiger partial charge on any atom is -0.497 e. The fourth-order valence-corrected chi connectivity index (χ4v) is 4.09. The van der Waals surface area contributed by atoms with Gasteiger partial charge in [-0.3, -0.25) is 4.79 Å². The predicted molar refractivity (Wildman–Crippen MR) is 128 cm³/mol. The zero-order valence-electron chi connectivity index (χ0n) is 18.5. The summed E-state index contributed by atoms with van der Waals surface area (Å²) >= 11 is 0. The highest BCUT2D eigenvalue weighted by Crippen LogP contribution is 2.31. The molecule has 5 heteroatoms. The van der Waals surface area contributed by atoms with Gasteiger partial charge in [0.15, 0.2) is 6.54 Å². The van der Waals surface area contributed by atoms with Crippen LogP contribution in [0.2, 0.25) is 0 Å². The van der Waals surface area contributed by atoms with Crippen LogP contribution in [0.3, 0.4) is 0 Å². The summed E-state index contributed by atoms with van der Waals surface area (Å²) in [6, 6.07) is 26.8. The molecular weight excluding hydrogens is 398 g/mol. The maximum absolute atomic E-state index is 12.7. The van der Waals surface area contributed by atoms with E-state index in [-0.39, 0.29) is 17.9 Å². The van der Waals surface area contributed by atoms with Crippen molar-refractivity contribution in [3.8, 4) is 5.75 Å². The lowest BCUT2D eigenvalue weighted by atomic mass is 9.90. The smallest absolute Gasteiger partial charge is 0.275 e. The van der Waals surface area contributed by atoms with Crippen molar-refractivity contribution < 1.29 is 14.8 Å². The lowest BCUT2D eigenvalue weighted by molar-refractivity contribution is -0.682. The fraction of sp³-hybridized carbons (Fsp3) is 0.222. The third-order valence-corrected chi connectivity index (χ3v) is 6.00. The predicted octanol–water partition coefficient (Wildman–Crippen LogP) is 3.75. The van der Waals surface area contributed by atoms with Gasteiger partial charge in [0, 0.05) is 35.1 Å². The molecular formula is C27H30N3O2+. The molecule has 0 fully saturated rings. The standard InChI is InChI=1S/C27H29N3O2/c1-19(20-8-4-3-5-9-20)28-18-27(31)30-16-24(21-12-14-22(32-2)15-13-21)25-17-29-26-11-7-6-10-23(25)26/h3-15,17,19,24,28-29H,16,18H2,1-2H3,(H,30,31)/p+1/t19-,24+/m0/s1. The highest BCUT2D eigenvalue weighted by molar-refractivity contribution is 5.84. The van der Waals surface area contributed by atoms with Gasteiger partial charge in [-0.2, -0.15) is 0 Å². The molecule has 164 valence electrons. The average Bonchev–Trinajstić information content (AvgIpc) is 3.27. The highest BCUT2D eigenvalue weighted by atomic mass is 16.5. The number of quaternary nitrogens is 1. The lowest BCUT2D eigenvalue weighted by Crippen LogP contribution is -2.87. The molecule has 2 atom stereocenters. The number of carbonyl (C=O) groups is 1. The van der Waals surface area contributed by atoms with Crippen LogP contribution in [0.25, 0.3) is 10.9 Å². The number of amides is 1. The Labute approximate surface area is 188 Å². The number of nitrogens with one attached hydrogen (secondary N) is 2. The number of fused-ring (bicyclic) bond motifs is 1. The van der Waals surface area contributed by atoms with Crippen LogP contribution >= 0.6 is 0 Å². The first kappa shape index (κ1) is 21.7. The molecule has 0 bridgehead atoms. The zero-order valence-corrected chi connectivity index (χ0v) is 18.5. The normalized spacial score (nSPS) is 12.9. The van der Waals surface area contributed by atoms with Crippen molar-refractivity contribution in [1.82, 2.24) is 10.3 Å². The number of ether oxygens (including phenoxy) is 1. The molecule has 0 aliphatic heterocycles. The molecule has 1 amide bonds.